The summed E-state index contributed by atoms with van der Waals surface area (Å²) in [6, 6.07) is 9.81. The molecule has 1 aromatic carbocycles. The minimum Gasteiger partial charge on any atom is -0.390 e. The van der Waals surface area contributed by atoms with E-state index in [2.05, 4.69) is 16.8 Å². The third-order valence-corrected chi connectivity index (χ3v) is 4.93. The first-order valence-corrected chi connectivity index (χ1v) is 8.70. The molecule has 0 saturated carbocycles. The second-order valence-electron chi connectivity index (χ2n) is 7.43. The highest BCUT2D eigenvalue weighted by molar-refractivity contribution is 5.87. The second kappa shape index (κ2) is 8.10. The molecule has 1 aliphatic heterocycles. The number of aliphatic hydroxyl groups excluding tert-OH is 1. The molecule has 0 aliphatic carbocycles. The van der Waals surface area contributed by atoms with Crippen LogP contribution in [0.15, 0.2) is 30.3 Å². The molecular weight excluding hydrogens is 302 g/mol. The third-order valence-electron chi connectivity index (χ3n) is 4.93. The molecule has 5 heteroatoms. The molecule has 1 fully saturated rings. The van der Waals surface area contributed by atoms with Gasteiger partial charge in [0, 0.05) is 46.3 Å². The minimum atomic E-state index is -0.594. The molecule has 0 bridgehead atoms. The number of hydrogen-bond acceptors (Lipinski definition) is 4. The van der Waals surface area contributed by atoms with E-state index in [4.69, 9.17) is 0 Å². The van der Waals surface area contributed by atoms with Gasteiger partial charge < -0.3 is 14.9 Å². The maximum atomic E-state index is 12.8. The Morgan fingerprint density at radius 3 is 2.38 bits per heavy atom. The van der Waals surface area contributed by atoms with Crippen LogP contribution in [0.4, 0.5) is 0 Å². The summed E-state index contributed by atoms with van der Waals surface area (Å²) in [6.45, 7) is 8.87. The van der Waals surface area contributed by atoms with Gasteiger partial charge in [-0.05, 0) is 26.5 Å². The van der Waals surface area contributed by atoms with Crippen molar-refractivity contribution in [1.29, 1.82) is 0 Å². The Kier molecular flexibility index (Phi) is 6.38. The van der Waals surface area contributed by atoms with Gasteiger partial charge in [-0.3, -0.25) is 9.69 Å². The third kappa shape index (κ3) is 4.79. The first-order valence-electron chi connectivity index (χ1n) is 8.70. The summed E-state index contributed by atoms with van der Waals surface area (Å²) in [6.07, 6.45) is -0.520. The molecule has 134 valence electrons. The predicted octanol–water partition coefficient (Wildman–Crippen LogP) is 1.03. The second-order valence-corrected chi connectivity index (χ2v) is 7.43. The Morgan fingerprint density at radius 1 is 1.21 bits per heavy atom. The van der Waals surface area contributed by atoms with E-state index in [9.17, 15) is 9.90 Å². The number of β-amino-alcohol motifs (C(OH)–C–C–N with tert-alkyl or cyclic N) is 1. The van der Waals surface area contributed by atoms with Gasteiger partial charge in [0.25, 0.3) is 0 Å². The zero-order chi connectivity index (χ0) is 17.7. The van der Waals surface area contributed by atoms with Crippen LogP contribution in [0.25, 0.3) is 0 Å². The SMILES string of the molecule is CN1CCN(CC(O)CN(C)C(=O)C(C)(C)c2ccccc2)CC1. The average Bonchev–Trinajstić information content (AvgIpc) is 2.57. The number of carbonyl (C=O) groups is 1. The van der Waals surface area contributed by atoms with Gasteiger partial charge in [-0.15, -0.1) is 0 Å². The lowest BCUT2D eigenvalue weighted by molar-refractivity contribution is -0.136. The molecule has 24 heavy (non-hydrogen) atoms. The zero-order valence-corrected chi connectivity index (χ0v) is 15.4. The number of benzene rings is 1. The van der Waals surface area contributed by atoms with Crippen molar-refractivity contribution < 1.29 is 9.90 Å². The largest absolute Gasteiger partial charge is 0.390 e. The summed E-state index contributed by atoms with van der Waals surface area (Å²) in [5.41, 5.74) is 0.402. The lowest BCUT2D eigenvalue weighted by Gasteiger charge is -2.35. The topological polar surface area (TPSA) is 47.0 Å². The quantitative estimate of drug-likeness (QED) is 0.845. The van der Waals surface area contributed by atoms with Crippen molar-refractivity contribution in [2.24, 2.45) is 0 Å². The number of likely N-dealkylation sites (N-methyl/N-ethyl adjacent to an activating group) is 2. The lowest BCUT2D eigenvalue weighted by atomic mass is 9.83. The number of carbonyl (C=O) groups excluding carboxylic acids is 1. The molecule has 1 saturated heterocycles. The Balaban J connectivity index is 1.88. The summed E-state index contributed by atoms with van der Waals surface area (Å²) in [5.74, 6) is 0.0335. The lowest BCUT2D eigenvalue weighted by Crippen LogP contribution is -2.50. The molecule has 0 radical (unpaired) electrons. The standard InChI is InChI=1S/C19H31N3O2/c1-19(2,16-8-6-5-7-9-16)18(24)21(4)14-17(23)15-22-12-10-20(3)11-13-22/h5-9,17,23H,10-15H2,1-4H3. The van der Waals surface area contributed by atoms with Gasteiger partial charge in [-0.25, -0.2) is 0 Å². The monoisotopic (exact) mass is 333 g/mol. The minimum absolute atomic E-state index is 0.0335. The van der Waals surface area contributed by atoms with E-state index >= 15 is 0 Å². The normalized spacial score (nSPS) is 18.4. The number of amides is 1. The van der Waals surface area contributed by atoms with E-state index < -0.39 is 11.5 Å². The van der Waals surface area contributed by atoms with Crippen LogP contribution in [0.3, 0.4) is 0 Å². The van der Waals surface area contributed by atoms with Crippen LogP contribution >= 0.6 is 0 Å². The molecule has 0 aromatic heterocycles. The van der Waals surface area contributed by atoms with Crippen LogP contribution in [0.2, 0.25) is 0 Å². The molecule has 1 unspecified atom stereocenters. The van der Waals surface area contributed by atoms with Crippen molar-refractivity contribution in [2.45, 2.75) is 25.4 Å². The van der Waals surface area contributed by atoms with Gasteiger partial charge in [0.2, 0.25) is 5.91 Å². The number of hydrogen-bond donors (Lipinski definition) is 1. The maximum absolute atomic E-state index is 12.8. The molecule has 1 aromatic rings. The van der Waals surface area contributed by atoms with E-state index in [1.165, 1.54) is 0 Å². The summed E-state index contributed by atoms with van der Waals surface area (Å²) < 4.78 is 0. The van der Waals surface area contributed by atoms with E-state index in [0.29, 0.717) is 13.1 Å². The fourth-order valence-electron chi connectivity index (χ4n) is 3.24. The first-order chi connectivity index (χ1) is 11.3. The van der Waals surface area contributed by atoms with Crippen molar-refractivity contribution in [3.63, 3.8) is 0 Å². The summed E-state index contributed by atoms with van der Waals surface area (Å²) in [5, 5.41) is 10.4. The van der Waals surface area contributed by atoms with Crippen molar-refractivity contribution in [3.05, 3.63) is 35.9 Å². The van der Waals surface area contributed by atoms with Crippen molar-refractivity contribution in [2.75, 3.05) is 53.4 Å². The van der Waals surface area contributed by atoms with E-state index in [1.54, 1.807) is 11.9 Å². The van der Waals surface area contributed by atoms with E-state index in [-0.39, 0.29) is 5.91 Å². The van der Waals surface area contributed by atoms with Crippen LogP contribution < -0.4 is 0 Å². The molecule has 5 nitrogen and oxygen atoms in total. The fraction of sp³-hybridized carbons (Fsp3) is 0.632. The summed E-state index contributed by atoms with van der Waals surface area (Å²) >= 11 is 0. The molecule has 1 aliphatic rings. The zero-order valence-electron chi connectivity index (χ0n) is 15.4. The number of piperazine rings is 1. The molecule has 1 N–H and O–H groups in total. The number of aliphatic hydroxyl groups is 1. The molecular formula is C19H31N3O2. The van der Waals surface area contributed by atoms with Gasteiger partial charge in [-0.1, -0.05) is 30.3 Å². The molecule has 2 rings (SSSR count). The van der Waals surface area contributed by atoms with Crippen LogP contribution in [0.1, 0.15) is 19.4 Å². The highest BCUT2D eigenvalue weighted by Crippen LogP contribution is 2.25. The maximum Gasteiger partial charge on any atom is 0.232 e. The number of rotatable bonds is 6. The summed E-state index contributed by atoms with van der Waals surface area (Å²) in [7, 11) is 3.89. The Labute approximate surface area is 145 Å². The Hall–Kier alpha value is -1.43. The molecule has 1 atom stereocenters. The molecule has 1 heterocycles. The highest BCUT2D eigenvalue weighted by atomic mass is 16.3. The van der Waals surface area contributed by atoms with Gasteiger partial charge >= 0.3 is 0 Å². The number of nitrogens with zero attached hydrogens (tertiary/aromatic N) is 3. The van der Waals surface area contributed by atoms with Gasteiger partial charge in [0.05, 0.1) is 11.5 Å². The summed E-state index contributed by atoms with van der Waals surface area (Å²) in [4.78, 5) is 19.1. The van der Waals surface area contributed by atoms with Crippen LogP contribution in [0, 0.1) is 0 Å². The van der Waals surface area contributed by atoms with Crippen LogP contribution in [-0.2, 0) is 10.2 Å². The van der Waals surface area contributed by atoms with E-state index in [0.717, 1.165) is 31.7 Å². The van der Waals surface area contributed by atoms with Crippen LogP contribution in [0.5, 0.6) is 0 Å². The van der Waals surface area contributed by atoms with Crippen molar-refractivity contribution >= 4 is 5.91 Å². The van der Waals surface area contributed by atoms with Gasteiger partial charge in [0.15, 0.2) is 0 Å². The fourth-order valence-corrected chi connectivity index (χ4v) is 3.24. The molecule has 0 spiro atoms. The predicted molar refractivity (Wildman–Crippen MR) is 97.0 cm³/mol. The van der Waals surface area contributed by atoms with Crippen molar-refractivity contribution in [1.82, 2.24) is 14.7 Å². The smallest absolute Gasteiger partial charge is 0.232 e. The van der Waals surface area contributed by atoms with E-state index in [1.807, 2.05) is 44.2 Å². The van der Waals surface area contributed by atoms with Gasteiger partial charge in [0.1, 0.15) is 0 Å². The molecule has 1 amide bonds. The van der Waals surface area contributed by atoms with Gasteiger partial charge in [-0.2, -0.15) is 0 Å². The Bertz CT molecular complexity index is 525. The highest BCUT2D eigenvalue weighted by Gasteiger charge is 2.33. The Morgan fingerprint density at radius 2 is 1.79 bits per heavy atom. The average molecular weight is 333 g/mol. The first kappa shape index (κ1) is 18.9. The van der Waals surface area contributed by atoms with Crippen molar-refractivity contribution in [3.8, 4) is 0 Å². The van der Waals surface area contributed by atoms with Crippen LogP contribution in [-0.4, -0.2) is 85.2 Å².